The minimum Gasteiger partial charge on any atom is -0.384 e. The Balaban J connectivity index is 2.71. The van der Waals surface area contributed by atoms with Crippen LogP contribution < -0.4 is 0 Å². The van der Waals surface area contributed by atoms with Gasteiger partial charge in [0, 0.05) is 18.6 Å². The zero-order valence-corrected chi connectivity index (χ0v) is 9.40. The highest BCUT2D eigenvalue weighted by Gasteiger charge is 2.18. The van der Waals surface area contributed by atoms with Crippen molar-refractivity contribution in [2.75, 3.05) is 13.7 Å². The lowest BCUT2D eigenvalue weighted by molar-refractivity contribution is 0.0793. The Labute approximate surface area is 91.3 Å². The molecule has 1 rings (SSSR count). The second-order valence-corrected chi connectivity index (χ2v) is 3.67. The van der Waals surface area contributed by atoms with Gasteiger partial charge >= 0.3 is 0 Å². The average molecular weight is 206 g/mol. The van der Waals surface area contributed by atoms with Gasteiger partial charge in [-0.25, -0.2) is 0 Å². The molecular weight excluding hydrogens is 188 g/mol. The van der Waals surface area contributed by atoms with E-state index in [0.717, 1.165) is 18.4 Å². The fourth-order valence-electron chi connectivity index (χ4n) is 1.68. The Morgan fingerprint density at radius 3 is 2.53 bits per heavy atom. The Morgan fingerprint density at radius 1 is 1.33 bits per heavy atom. The number of benzene rings is 1. The number of hydrogen-bond donors (Lipinski definition) is 0. The predicted octanol–water partition coefficient (Wildman–Crippen LogP) is 2.93. The van der Waals surface area contributed by atoms with E-state index in [4.69, 9.17) is 4.74 Å². The number of methoxy groups -OCH3 is 1. The van der Waals surface area contributed by atoms with Crippen molar-refractivity contribution in [2.45, 2.75) is 19.8 Å². The number of hydrogen-bond acceptors (Lipinski definition) is 2. The lowest BCUT2D eigenvalue weighted by Crippen LogP contribution is -2.19. The van der Waals surface area contributed by atoms with Gasteiger partial charge in [0.1, 0.15) is 0 Å². The third-order valence-corrected chi connectivity index (χ3v) is 2.43. The van der Waals surface area contributed by atoms with E-state index in [0.29, 0.717) is 6.61 Å². The fraction of sp³-hybridized carbons (Fsp3) is 0.462. The zero-order valence-electron chi connectivity index (χ0n) is 9.40. The first-order valence-electron chi connectivity index (χ1n) is 5.37. The van der Waals surface area contributed by atoms with E-state index in [1.807, 2.05) is 30.3 Å². The summed E-state index contributed by atoms with van der Waals surface area (Å²) in [5.41, 5.74) is 0.785. The van der Waals surface area contributed by atoms with Crippen molar-refractivity contribution in [1.82, 2.24) is 0 Å². The molecule has 0 aromatic heterocycles. The molecule has 0 fully saturated rings. The van der Waals surface area contributed by atoms with Crippen LogP contribution in [0, 0.1) is 5.92 Å². The summed E-state index contributed by atoms with van der Waals surface area (Å²) >= 11 is 0. The number of ketones is 1. The highest BCUT2D eigenvalue weighted by molar-refractivity contribution is 5.97. The quantitative estimate of drug-likeness (QED) is 0.669. The summed E-state index contributed by atoms with van der Waals surface area (Å²) in [5.74, 6) is 0.196. The van der Waals surface area contributed by atoms with Gasteiger partial charge in [0.2, 0.25) is 0 Å². The number of rotatable bonds is 6. The minimum absolute atomic E-state index is 0.00222. The maximum absolute atomic E-state index is 12.0. The van der Waals surface area contributed by atoms with Crippen molar-refractivity contribution in [2.24, 2.45) is 5.92 Å². The van der Waals surface area contributed by atoms with Crippen molar-refractivity contribution in [3.05, 3.63) is 35.9 Å². The molecule has 0 radical (unpaired) electrons. The van der Waals surface area contributed by atoms with Crippen LogP contribution in [0.3, 0.4) is 0 Å². The lowest BCUT2D eigenvalue weighted by Gasteiger charge is -2.13. The van der Waals surface area contributed by atoms with Gasteiger partial charge < -0.3 is 4.74 Å². The van der Waals surface area contributed by atoms with E-state index >= 15 is 0 Å². The standard InChI is InChI=1S/C13H18O2/c1-3-7-12(10-15-2)13(14)11-8-5-4-6-9-11/h4-6,8-9,12H,3,7,10H2,1-2H3. The van der Waals surface area contributed by atoms with Gasteiger partial charge in [0.05, 0.1) is 6.61 Å². The molecule has 0 saturated carbocycles. The van der Waals surface area contributed by atoms with Crippen molar-refractivity contribution < 1.29 is 9.53 Å². The van der Waals surface area contributed by atoms with Crippen LogP contribution in [0.4, 0.5) is 0 Å². The Morgan fingerprint density at radius 2 is 2.00 bits per heavy atom. The monoisotopic (exact) mass is 206 g/mol. The largest absolute Gasteiger partial charge is 0.384 e. The second-order valence-electron chi connectivity index (χ2n) is 3.67. The van der Waals surface area contributed by atoms with Gasteiger partial charge in [-0.05, 0) is 6.42 Å². The summed E-state index contributed by atoms with van der Waals surface area (Å²) in [6.45, 7) is 2.60. The van der Waals surface area contributed by atoms with Crippen LogP contribution in [-0.4, -0.2) is 19.5 Å². The van der Waals surface area contributed by atoms with Crippen LogP contribution in [-0.2, 0) is 4.74 Å². The first kappa shape index (κ1) is 11.9. The summed E-state index contributed by atoms with van der Waals surface area (Å²) in [6.07, 6.45) is 1.90. The van der Waals surface area contributed by atoms with E-state index in [-0.39, 0.29) is 11.7 Å². The highest BCUT2D eigenvalue weighted by atomic mass is 16.5. The molecule has 1 unspecified atom stereocenters. The molecule has 1 aromatic carbocycles. The van der Waals surface area contributed by atoms with Crippen molar-refractivity contribution in [3.8, 4) is 0 Å². The number of Topliss-reactive ketones (excluding diaryl/α,β-unsaturated/α-hetero) is 1. The SMILES string of the molecule is CCCC(COC)C(=O)c1ccccc1. The van der Waals surface area contributed by atoms with Crippen molar-refractivity contribution >= 4 is 5.78 Å². The minimum atomic E-state index is 0.00222. The van der Waals surface area contributed by atoms with Gasteiger partial charge in [-0.3, -0.25) is 4.79 Å². The molecule has 0 aliphatic carbocycles. The zero-order chi connectivity index (χ0) is 11.1. The Kier molecular flexibility index (Phi) is 5.05. The van der Waals surface area contributed by atoms with Crippen molar-refractivity contribution in [1.29, 1.82) is 0 Å². The molecule has 0 N–H and O–H groups in total. The molecule has 1 aromatic rings. The first-order valence-corrected chi connectivity index (χ1v) is 5.37. The average Bonchev–Trinajstić information content (AvgIpc) is 2.29. The summed E-state index contributed by atoms with van der Waals surface area (Å²) in [4.78, 5) is 12.0. The van der Waals surface area contributed by atoms with Crippen LogP contribution >= 0.6 is 0 Å². The summed E-state index contributed by atoms with van der Waals surface area (Å²) in [6, 6.07) is 9.43. The van der Waals surface area contributed by atoms with Gasteiger partial charge in [-0.2, -0.15) is 0 Å². The molecule has 1 atom stereocenters. The van der Waals surface area contributed by atoms with Crippen LogP contribution in [0.2, 0.25) is 0 Å². The van der Waals surface area contributed by atoms with Gasteiger partial charge in [-0.15, -0.1) is 0 Å². The Bertz CT molecular complexity index is 287. The van der Waals surface area contributed by atoms with Gasteiger partial charge in [-0.1, -0.05) is 43.7 Å². The summed E-state index contributed by atoms with van der Waals surface area (Å²) < 4.78 is 5.08. The number of ether oxygens (including phenoxy) is 1. The molecule has 0 amide bonds. The van der Waals surface area contributed by atoms with Crippen LogP contribution in [0.5, 0.6) is 0 Å². The van der Waals surface area contributed by atoms with Gasteiger partial charge in [0.15, 0.2) is 5.78 Å². The third-order valence-electron chi connectivity index (χ3n) is 2.43. The van der Waals surface area contributed by atoms with E-state index in [1.165, 1.54) is 0 Å². The Hall–Kier alpha value is -1.15. The van der Waals surface area contributed by atoms with Crippen LogP contribution in [0.1, 0.15) is 30.1 Å². The molecule has 15 heavy (non-hydrogen) atoms. The summed E-state index contributed by atoms with van der Waals surface area (Å²) in [7, 11) is 1.64. The summed E-state index contributed by atoms with van der Waals surface area (Å²) in [5, 5.41) is 0. The molecule has 0 saturated heterocycles. The molecule has 82 valence electrons. The van der Waals surface area contributed by atoms with E-state index in [1.54, 1.807) is 7.11 Å². The first-order chi connectivity index (χ1) is 7.29. The number of carbonyl (C=O) groups is 1. The van der Waals surface area contributed by atoms with E-state index < -0.39 is 0 Å². The molecule has 0 aliphatic rings. The highest BCUT2D eigenvalue weighted by Crippen LogP contribution is 2.14. The van der Waals surface area contributed by atoms with E-state index in [2.05, 4.69) is 6.92 Å². The van der Waals surface area contributed by atoms with Crippen LogP contribution in [0.15, 0.2) is 30.3 Å². The third kappa shape index (κ3) is 3.48. The molecule has 0 bridgehead atoms. The van der Waals surface area contributed by atoms with Gasteiger partial charge in [0.25, 0.3) is 0 Å². The molecule has 0 spiro atoms. The normalized spacial score (nSPS) is 12.4. The van der Waals surface area contributed by atoms with E-state index in [9.17, 15) is 4.79 Å². The molecule has 0 heterocycles. The molecule has 0 aliphatic heterocycles. The fourth-order valence-corrected chi connectivity index (χ4v) is 1.68. The van der Waals surface area contributed by atoms with Crippen LogP contribution in [0.25, 0.3) is 0 Å². The molecular formula is C13H18O2. The maximum Gasteiger partial charge on any atom is 0.168 e. The lowest BCUT2D eigenvalue weighted by atomic mass is 9.94. The number of carbonyl (C=O) groups excluding carboxylic acids is 1. The molecule has 2 nitrogen and oxygen atoms in total. The smallest absolute Gasteiger partial charge is 0.168 e. The second kappa shape index (κ2) is 6.36. The molecule has 2 heteroatoms. The maximum atomic E-state index is 12.0. The topological polar surface area (TPSA) is 26.3 Å². The van der Waals surface area contributed by atoms with Crippen molar-refractivity contribution in [3.63, 3.8) is 0 Å². The predicted molar refractivity (Wildman–Crippen MR) is 61.0 cm³/mol.